The van der Waals surface area contributed by atoms with Crippen LogP contribution in [0.15, 0.2) is 18.3 Å². The molecule has 1 atom stereocenters. The monoisotopic (exact) mass is 329 g/mol. The summed E-state index contributed by atoms with van der Waals surface area (Å²) in [7, 11) is -1.33. The van der Waals surface area contributed by atoms with Crippen molar-refractivity contribution in [2.45, 2.75) is 25.7 Å². The van der Waals surface area contributed by atoms with Crippen LogP contribution in [0, 0.1) is 22.3 Å². The first-order chi connectivity index (χ1) is 9.34. The molecule has 1 unspecified atom stereocenters. The Hall–Kier alpha value is -1.11. The Morgan fingerprint density at radius 1 is 1.35 bits per heavy atom. The molecule has 0 aliphatic rings. The third kappa shape index (κ3) is 8.90. The van der Waals surface area contributed by atoms with Crippen molar-refractivity contribution in [3.8, 4) is 11.8 Å². The van der Waals surface area contributed by atoms with E-state index in [0.29, 0.717) is 23.2 Å². The van der Waals surface area contributed by atoms with Gasteiger partial charge in [-0.25, -0.2) is 10.2 Å². The highest BCUT2D eigenvalue weighted by Crippen LogP contribution is 2.16. The minimum absolute atomic E-state index is 0.336. The minimum Gasteiger partial charge on any atom is -0.357 e. The van der Waals surface area contributed by atoms with Crippen LogP contribution in [0.2, 0.25) is 24.8 Å². The third-order valence-corrected chi connectivity index (χ3v) is 2.92. The molecule has 0 N–H and O–H groups in total. The fourth-order valence-electron chi connectivity index (χ4n) is 0.913. The first-order valence-electron chi connectivity index (χ1n) is 5.94. The summed E-state index contributed by atoms with van der Waals surface area (Å²) in [5.41, 5.74) is 2.93. The zero-order valence-electron chi connectivity index (χ0n) is 11.7. The van der Waals surface area contributed by atoms with Gasteiger partial charge in [0.1, 0.15) is 5.15 Å². The van der Waals surface area contributed by atoms with Crippen LogP contribution >= 0.6 is 23.2 Å². The second-order valence-electron chi connectivity index (χ2n) is 4.84. The summed E-state index contributed by atoms with van der Waals surface area (Å²) in [5.74, 6) is 0.360. The van der Waals surface area contributed by atoms with Crippen molar-refractivity contribution >= 4 is 31.3 Å². The normalized spacial score (nSPS) is 11.6. The van der Waals surface area contributed by atoms with Gasteiger partial charge in [0, 0.05) is 23.3 Å². The van der Waals surface area contributed by atoms with Crippen molar-refractivity contribution in [3.05, 3.63) is 29.0 Å². The summed E-state index contributed by atoms with van der Waals surface area (Å²) in [6.07, 6.45) is 0.892. The molecular formula is C13H17Cl2N3OSi. The Balaban J connectivity index is 0.000000511. The molecule has 20 heavy (non-hydrogen) atoms. The van der Waals surface area contributed by atoms with Gasteiger partial charge in [0.15, 0.2) is 14.2 Å². The Morgan fingerprint density at radius 3 is 2.30 bits per heavy atom. The van der Waals surface area contributed by atoms with Gasteiger partial charge in [0.25, 0.3) is 0 Å². The standard InChI is InChI=1S/C9H8Cl2N2O.C4H9NSi/c10-3-4-14-8(5-12)7-1-2-9(11)13-6-7;1-6(2,3)4-5/h1-2,6,8H,3-4H2;1-3H3. The maximum absolute atomic E-state index is 8.80. The molecule has 0 saturated heterocycles. The average molecular weight is 330 g/mol. The summed E-state index contributed by atoms with van der Waals surface area (Å²) in [4.78, 5) is 3.86. The second-order valence-corrected chi connectivity index (χ2v) is 10.3. The lowest BCUT2D eigenvalue weighted by Gasteiger charge is -2.08. The maximum Gasteiger partial charge on any atom is 0.170 e. The summed E-state index contributed by atoms with van der Waals surface area (Å²) in [5, 5.41) is 17.4. The lowest BCUT2D eigenvalue weighted by atomic mass is 10.2. The Bertz CT molecular complexity index is 474. The highest BCUT2D eigenvalue weighted by molar-refractivity contribution is 6.83. The number of halogens is 2. The molecule has 0 spiro atoms. The summed E-state index contributed by atoms with van der Waals surface area (Å²) in [6, 6.07) is 5.33. The molecule has 0 amide bonds. The van der Waals surface area contributed by atoms with Gasteiger partial charge < -0.3 is 4.74 Å². The van der Waals surface area contributed by atoms with E-state index < -0.39 is 14.2 Å². The lowest BCUT2D eigenvalue weighted by molar-refractivity contribution is 0.103. The first kappa shape index (κ1) is 18.9. The molecule has 0 aromatic carbocycles. The van der Waals surface area contributed by atoms with Crippen LogP contribution in [0.3, 0.4) is 0 Å². The number of hydrogen-bond acceptors (Lipinski definition) is 4. The molecule has 1 heterocycles. The van der Waals surface area contributed by atoms with Crippen molar-refractivity contribution in [2.24, 2.45) is 0 Å². The van der Waals surface area contributed by atoms with Gasteiger partial charge in [-0.05, 0) is 6.07 Å². The van der Waals surface area contributed by atoms with E-state index in [4.69, 9.17) is 38.5 Å². The van der Waals surface area contributed by atoms with Crippen LogP contribution in [0.25, 0.3) is 0 Å². The van der Waals surface area contributed by atoms with Crippen molar-refractivity contribution in [3.63, 3.8) is 0 Å². The molecule has 1 aromatic rings. The Kier molecular flexibility index (Phi) is 9.20. The van der Waals surface area contributed by atoms with Gasteiger partial charge in [-0.2, -0.15) is 5.26 Å². The van der Waals surface area contributed by atoms with E-state index in [-0.39, 0.29) is 0 Å². The van der Waals surface area contributed by atoms with Gasteiger partial charge >= 0.3 is 0 Å². The average Bonchev–Trinajstić information content (AvgIpc) is 2.41. The predicted molar refractivity (Wildman–Crippen MR) is 83.2 cm³/mol. The van der Waals surface area contributed by atoms with Crippen molar-refractivity contribution < 1.29 is 4.74 Å². The molecule has 7 heteroatoms. The number of nitrogens with zero attached hydrogens (tertiary/aromatic N) is 3. The number of rotatable bonds is 4. The van der Waals surface area contributed by atoms with Gasteiger partial charge in [0.05, 0.1) is 12.7 Å². The van der Waals surface area contributed by atoms with E-state index in [1.165, 1.54) is 6.20 Å². The van der Waals surface area contributed by atoms with Crippen LogP contribution in [0.1, 0.15) is 11.7 Å². The Morgan fingerprint density at radius 2 is 1.95 bits per heavy atom. The highest BCUT2D eigenvalue weighted by Gasteiger charge is 2.10. The molecule has 1 aromatic heterocycles. The van der Waals surface area contributed by atoms with Crippen LogP contribution in [-0.2, 0) is 4.74 Å². The molecule has 0 aliphatic heterocycles. The van der Waals surface area contributed by atoms with E-state index in [1.54, 1.807) is 12.1 Å². The van der Waals surface area contributed by atoms with Gasteiger partial charge in [-0.3, -0.25) is 0 Å². The van der Waals surface area contributed by atoms with Crippen LogP contribution in [-0.4, -0.2) is 25.5 Å². The van der Waals surface area contributed by atoms with Gasteiger partial charge in [-0.15, -0.1) is 11.6 Å². The number of pyridine rings is 1. The molecule has 4 nitrogen and oxygen atoms in total. The lowest BCUT2D eigenvalue weighted by Crippen LogP contribution is -2.15. The fraction of sp³-hybridized carbons (Fsp3) is 0.462. The quantitative estimate of drug-likeness (QED) is 0.476. The van der Waals surface area contributed by atoms with Crippen molar-refractivity contribution in [1.29, 1.82) is 10.5 Å². The molecule has 0 saturated carbocycles. The van der Waals surface area contributed by atoms with E-state index >= 15 is 0 Å². The van der Waals surface area contributed by atoms with Crippen LogP contribution in [0.5, 0.6) is 0 Å². The van der Waals surface area contributed by atoms with Gasteiger partial charge in [-0.1, -0.05) is 37.3 Å². The third-order valence-electron chi connectivity index (χ3n) is 1.87. The number of aromatic nitrogens is 1. The van der Waals surface area contributed by atoms with Crippen molar-refractivity contribution in [1.82, 2.24) is 4.98 Å². The van der Waals surface area contributed by atoms with E-state index in [1.807, 2.05) is 25.7 Å². The van der Waals surface area contributed by atoms with Gasteiger partial charge in [0.2, 0.25) is 0 Å². The molecule has 0 fully saturated rings. The zero-order chi connectivity index (χ0) is 15.6. The Labute approximate surface area is 130 Å². The van der Waals surface area contributed by atoms with E-state index in [2.05, 4.69) is 10.7 Å². The molecule has 1 rings (SSSR count). The molecule has 108 valence electrons. The summed E-state index contributed by atoms with van der Waals surface area (Å²) >= 11 is 11.1. The maximum atomic E-state index is 8.80. The van der Waals surface area contributed by atoms with E-state index in [9.17, 15) is 0 Å². The largest absolute Gasteiger partial charge is 0.357 e. The van der Waals surface area contributed by atoms with Crippen molar-refractivity contribution in [2.75, 3.05) is 12.5 Å². The zero-order valence-corrected chi connectivity index (χ0v) is 14.2. The number of hydrogen-bond donors (Lipinski definition) is 0. The van der Waals surface area contributed by atoms with Crippen LogP contribution in [0.4, 0.5) is 0 Å². The van der Waals surface area contributed by atoms with E-state index in [0.717, 1.165) is 0 Å². The SMILES string of the molecule is C[Si](C)(C)C#N.N#CC(OCCCl)c1ccc(Cl)nc1. The minimum atomic E-state index is -1.33. The molecule has 0 radical (unpaired) electrons. The number of ether oxygens (including phenoxy) is 1. The number of nitriles is 2. The predicted octanol–water partition coefficient (Wildman–Crippen LogP) is 3.94. The molecule has 0 bridgehead atoms. The first-order valence-corrected chi connectivity index (χ1v) is 10.3. The summed E-state index contributed by atoms with van der Waals surface area (Å²) in [6.45, 7) is 6.40. The topological polar surface area (TPSA) is 69.7 Å². The van der Waals surface area contributed by atoms with Crippen LogP contribution < -0.4 is 0 Å². The smallest absolute Gasteiger partial charge is 0.170 e. The number of alkyl halides is 1. The second kappa shape index (κ2) is 9.74. The molecular weight excluding hydrogens is 313 g/mol. The molecule has 0 aliphatic carbocycles. The fourth-order valence-corrected chi connectivity index (χ4v) is 1.11. The highest BCUT2D eigenvalue weighted by atomic mass is 35.5. The summed E-state index contributed by atoms with van der Waals surface area (Å²) < 4.78 is 5.19.